The van der Waals surface area contributed by atoms with Crippen molar-refractivity contribution in [3.8, 4) is 0 Å². The fourth-order valence-electron chi connectivity index (χ4n) is 0.379. The van der Waals surface area contributed by atoms with Gasteiger partial charge < -0.3 is 1.43 Å². The molecule has 5 heteroatoms. The molecular formula is C5H14NNaO2S. The zero-order valence-corrected chi connectivity index (χ0v) is 9.77. The molecule has 0 heterocycles. The number of primary sulfonamides is 1. The van der Waals surface area contributed by atoms with E-state index in [1.54, 1.807) is 6.92 Å². The first-order valence-corrected chi connectivity index (χ1v) is 4.48. The van der Waals surface area contributed by atoms with Crippen molar-refractivity contribution in [1.82, 2.24) is 0 Å². The van der Waals surface area contributed by atoms with Crippen molar-refractivity contribution in [3.63, 3.8) is 0 Å². The molecule has 0 radical (unpaired) electrons. The molecule has 0 aliphatic heterocycles. The molecular weight excluding hydrogens is 161 g/mol. The van der Waals surface area contributed by atoms with E-state index in [2.05, 4.69) is 0 Å². The van der Waals surface area contributed by atoms with Crippen LogP contribution >= 0.6 is 0 Å². The molecule has 0 aliphatic carbocycles. The van der Waals surface area contributed by atoms with Gasteiger partial charge in [-0.1, -0.05) is 13.8 Å². The number of hydrogen-bond acceptors (Lipinski definition) is 2. The van der Waals surface area contributed by atoms with E-state index in [1.807, 2.05) is 13.8 Å². The van der Waals surface area contributed by atoms with Crippen LogP contribution in [0, 0.1) is 5.92 Å². The van der Waals surface area contributed by atoms with Gasteiger partial charge in [0.05, 0.1) is 5.25 Å². The molecule has 0 saturated carbocycles. The van der Waals surface area contributed by atoms with Gasteiger partial charge in [-0.2, -0.15) is 0 Å². The first-order chi connectivity index (χ1) is 3.85. The van der Waals surface area contributed by atoms with Gasteiger partial charge in [0.15, 0.2) is 0 Å². The molecule has 0 aliphatic rings. The Bertz CT molecular complexity index is 181. The Morgan fingerprint density at radius 2 is 1.60 bits per heavy atom. The van der Waals surface area contributed by atoms with Crippen LogP contribution in [-0.2, 0) is 10.0 Å². The number of sulfonamides is 1. The van der Waals surface area contributed by atoms with E-state index < -0.39 is 15.3 Å². The van der Waals surface area contributed by atoms with Crippen molar-refractivity contribution in [2.45, 2.75) is 26.0 Å². The zero-order valence-electron chi connectivity index (χ0n) is 7.96. The minimum Gasteiger partial charge on any atom is -1.00 e. The first-order valence-electron chi connectivity index (χ1n) is 2.87. The molecule has 0 saturated heterocycles. The third-order valence-electron chi connectivity index (χ3n) is 1.46. The number of hydrogen-bond donors (Lipinski definition) is 1. The van der Waals surface area contributed by atoms with E-state index in [1.165, 1.54) is 0 Å². The van der Waals surface area contributed by atoms with Crippen LogP contribution in [-0.4, -0.2) is 13.7 Å². The van der Waals surface area contributed by atoms with Crippen LogP contribution in [0.2, 0.25) is 0 Å². The van der Waals surface area contributed by atoms with Crippen LogP contribution in [0.1, 0.15) is 22.2 Å². The van der Waals surface area contributed by atoms with E-state index in [0.717, 1.165) is 0 Å². The van der Waals surface area contributed by atoms with E-state index in [4.69, 9.17) is 5.14 Å². The summed E-state index contributed by atoms with van der Waals surface area (Å²) in [6, 6.07) is 0. The molecule has 10 heavy (non-hydrogen) atoms. The Morgan fingerprint density at radius 1 is 1.30 bits per heavy atom. The summed E-state index contributed by atoms with van der Waals surface area (Å²) in [7, 11) is -3.30. The molecule has 0 spiro atoms. The van der Waals surface area contributed by atoms with Crippen LogP contribution < -0.4 is 34.7 Å². The summed E-state index contributed by atoms with van der Waals surface area (Å²) in [5, 5.41) is 4.42. The minimum absolute atomic E-state index is 0. The van der Waals surface area contributed by atoms with Crippen LogP contribution in [0.15, 0.2) is 0 Å². The molecule has 3 nitrogen and oxygen atoms in total. The van der Waals surface area contributed by atoms with Gasteiger partial charge in [0.2, 0.25) is 10.0 Å². The number of rotatable bonds is 2. The van der Waals surface area contributed by atoms with Crippen LogP contribution in [0.3, 0.4) is 0 Å². The van der Waals surface area contributed by atoms with E-state index in [9.17, 15) is 8.42 Å². The van der Waals surface area contributed by atoms with Crippen molar-refractivity contribution in [2.24, 2.45) is 11.1 Å². The van der Waals surface area contributed by atoms with Gasteiger partial charge in [0, 0.05) is 0 Å². The predicted octanol–water partition coefficient (Wildman–Crippen LogP) is -2.56. The molecule has 58 valence electrons. The maximum atomic E-state index is 10.6. The van der Waals surface area contributed by atoms with Crippen molar-refractivity contribution in [1.29, 1.82) is 0 Å². The topological polar surface area (TPSA) is 60.2 Å². The first kappa shape index (κ1) is 13.5. The second-order valence-electron chi connectivity index (χ2n) is 2.54. The second-order valence-corrected chi connectivity index (χ2v) is 4.46. The Kier molecular flexibility index (Phi) is 6.37. The van der Waals surface area contributed by atoms with Crippen LogP contribution in [0.25, 0.3) is 0 Å². The fourth-order valence-corrected chi connectivity index (χ4v) is 1.14. The molecule has 1 atom stereocenters. The average Bonchev–Trinajstić information content (AvgIpc) is 1.62. The standard InChI is InChI=1S/C5H13NO2S.Na.H/c1-4(2)5(3)9(6,7)8;;/h4-5H,1-3H3,(H2,6,7,8);;/q;+1;-1. The van der Waals surface area contributed by atoms with E-state index >= 15 is 0 Å². The van der Waals surface area contributed by atoms with Gasteiger partial charge in [-0.25, -0.2) is 13.6 Å². The van der Waals surface area contributed by atoms with Crippen LogP contribution in [0.4, 0.5) is 0 Å². The smallest absolute Gasteiger partial charge is 1.00 e. The van der Waals surface area contributed by atoms with Gasteiger partial charge in [0.25, 0.3) is 0 Å². The maximum Gasteiger partial charge on any atom is 1.00 e. The molecule has 0 bridgehead atoms. The summed E-state index contributed by atoms with van der Waals surface area (Å²) in [4.78, 5) is 0. The van der Waals surface area contributed by atoms with Gasteiger partial charge in [-0.3, -0.25) is 0 Å². The Morgan fingerprint density at radius 3 is 1.60 bits per heavy atom. The van der Waals surface area contributed by atoms with Gasteiger partial charge >= 0.3 is 29.6 Å². The molecule has 0 aromatic rings. The van der Waals surface area contributed by atoms with Crippen molar-refractivity contribution >= 4 is 10.0 Å². The fraction of sp³-hybridized carbons (Fsp3) is 1.00. The monoisotopic (exact) mass is 175 g/mol. The Labute approximate surface area is 86.2 Å². The Hall–Kier alpha value is 0.910. The third-order valence-corrected chi connectivity index (χ3v) is 3.04. The molecule has 2 N–H and O–H groups in total. The maximum absolute atomic E-state index is 10.6. The third kappa shape index (κ3) is 4.68. The zero-order chi connectivity index (χ0) is 7.65. The van der Waals surface area contributed by atoms with E-state index in [0.29, 0.717) is 0 Å². The molecule has 1 unspecified atom stereocenters. The average molecular weight is 175 g/mol. The minimum atomic E-state index is -3.30. The van der Waals surface area contributed by atoms with E-state index in [-0.39, 0.29) is 36.9 Å². The van der Waals surface area contributed by atoms with Gasteiger partial charge in [-0.15, -0.1) is 0 Å². The molecule has 0 rings (SSSR count). The van der Waals surface area contributed by atoms with Crippen LogP contribution in [0.5, 0.6) is 0 Å². The van der Waals surface area contributed by atoms with Crippen molar-refractivity contribution in [3.05, 3.63) is 0 Å². The number of nitrogens with two attached hydrogens (primary N) is 1. The molecule has 0 aromatic heterocycles. The van der Waals surface area contributed by atoms with Crippen molar-refractivity contribution in [2.75, 3.05) is 0 Å². The summed E-state index contributed by atoms with van der Waals surface area (Å²) in [5.41, 5.74) is 0. The largest absolute Gasteiger partial charge is 1.00 e. The summed E-state index contributed by atoms with van der Waals surface area (Å²) >= 11 is 0. The molecule has 0 aromatic carbocycles. The molecule has 0 fully saturated rings. The summed E-state index contributed by atoms with van der Waals surface area (Å²) in [6.07, 6.45) is 0. The Balaban J connectivity index is -0.000000320. The molecule has 0 amide bonds. The summed E-state index contributed by atoms with van der Waals surface area (Å²) in [6.45, 7) is 5.27. The summed E-state index contributed by atoms with van der Waals surface area (Å²) < 4.78 is 21.1. The van der Waals surface area contributed by atoms with Crippen molar-refractivity contribution < 1.29 is 39.4 Å². The summed E-state index contributed by atoms with van der Waals surface area (Å²) in [5.74, 6) is 0.0972. The van der Waals surface area contributed by atoms with Gasteiger partial charge in [0.1, 0.15) is 0 Å². The van der Waals surface area contributed by atoms with Gasteiger partial charge in [-0.05, 0) is 12.8 Å². The SMILES string of the molecule is CC(C)C(C)S(N)(=O)=O.[H-].[Na+]. The predicted molar refractivity (Wildman–Crippen MR) is 38.5 cm³/mol. The quantitative estimate of drug-likeness (QED) is 0.469. The second kappa shape index (κ2) is 4.72. The normalized spacial score (nSPS) is 14.5.